The highest BCUT2D eigenvalue weighted by atomic mass is 35.5. The van der Waals surface area contributed by atoms with Gasteiger partial charge in [-0.25, -0.2) is 0 Å². The van der Waals surface area contributed by atoms with Gasteiger partial charge in [-0.05, 0) is 24.6 Å². The molecule has 1 rings (SSSR count). The van der Waals surface area contributed by atoms with Crippen molar-refractivity contribution < 1.29 is 5.11 Å². The Hall–Kier alpha value is 0.01000. The maximum Gasteiger partial charge on any atom is 0.136 e. The molecular weight excluding hydrogens is 232 g/mol. The van der Waals surface area contributed by atoms with Crippen molar-refractivity contribution in [3.8, 4) is 0 Å². The Labute approximate surface area is 93.1 Å². The second-order valence-corrected chi connectivity index (χ2v) is 3.59. The van der Waals surface area contributed by atoms with E-state index < -0.39 is 5.72 Å². The molecular formula is C8H10Cl3NO. The Kier molecular flexibility index (Phi) is 4.49. The number of nitrogens with two attached hydrogens (primary N) is 1. The van der Waals surface area contributed by atoms with Gasteiger partial charge in [0.05, 0.1) is 10.0 Å². The zero-order valence-corrected chi connectivity index (χ0v) is 9.25. The van der Waals surface area contributed by atoms with E-state index in [1.54, 1.807) is 18.2 Å². The molecule has 0 amide bonds. The van der Waals surface area contributed by atoms with Crippen LogP contribution < -0.4 is 5.73 Å². The molecule has 1 atom stereocenters. The summed E-state index contributed by atoms with van der Waals surface area (Å²) in [5.74, 6) is 0. The molecule has 0 aliphatic rings. The van der Waals surface area contributed by atoms with Gasteiger partial charge < -0.3 is 10.8 Å². The van der Waals surface area contributed by atoms with Crippen molar-refractivity contribution in [2.75, 3.05) is 0 Å². The van der Waals surface area contributed by atoms with Gasteiger partial charge in [-0.2, -0.15) is 0 Å². The molecule has 0 saturated heterocycles. The van der Waals surface area contributed by atoms with Crippen LogP contribution in [0.5, 0.6) is 0 Å². The molecule has 0 saturated carbocycles. The van der Waals surface area contributed by atoms with Crippen LogP contribution in [0, 0.1) is 0 Å². The van der Waals surface area contributed by atoms with Crippen LogP contribution in [-0.4, -0.2) is 5.11 Å². The number of hydrogen-bond donors (Lipinski definition) is 2. The van der Waals surface area contributed by atoms with E-state index in [2.05, 4.69) is 0 Å². The molecule has 1 aromatic rings. The van der Waals surface area contributed by atoms with E-state index in [-0.39, 0.29) is 12.4 Å². The zero-order valence-electron chi connectivity index (χ0n) is 6.92. The molecule has 2 nitrogen and oxygen atoms in total. The van der Waals surface area contributed by atoms with Gasteiger partial charge >= 0.3 is 0 Å². The molecule has 0 aromatic heterocycles. The summed E-state index contributed by atoms with van der Waals surface area (Å²) >= 11 is 11.4. The van der Waals surface area contributed by atoms with Crippen LogP contribution in [-0.2, 0) is 5.72 Å². The summed E-state index contributed by atoms with van der Waals surface area (Å²) in [5, 5.41) is 10.2. The molecule has 5 heteroatoms. The summed E-state index contributed by atoms with van der Waals surface area (Å²) < 4.78 is 0. The molecule has 0 aliphatic carbocycles. The van der Waals surface area contributed by atoms with Gasteiger partial charge in [-0.3, -0.25) is 0 Å². The third-order valence-corrected chi connectivity index (χ3v) is 2.24. The largest absolute Gasteiger partial charge is 0.372 e. The lowest BCUT2D eigenvalue weighted by molar-refractivity contribution is 0.0647. The fraction of sp³-hybridized carbons (Fsp3) is 0.250. The predicted molar refractivity (Wildman–Crippen MR) is 57.5 cm³/mol. The summed E-state index contributed by atoms with van der Waals surface area (Å²) in [6.07, 6.45) is 0. The third-order valence-electron chi connectivity index (χ3n) is 1.50. The number of aliphatic hydroxyl groups is 1. The Balaban J connectivity index is 0.00000144. The number of rotatable bonds is 1. The van der Waals surface area contributed by atoms with E-state index in [4.69, 9.17) is 28.9 Å². The van der Waals surface area contributed by atoms with Crippen molar-refractivity contribution in [1.82, 2.24) is 0 Å². The molecule has 1 aromatic carbocycles. The summed E-state index contributed by atoms with van der Waals surface area (Å²) in [4.78, 5) is 0. The van der Waals surface area contributed by atoms with Crippen molar-refractivity contribution in [1.29, 1.82) is 0 Å². The molecule has 0 fully saturated rings. The van der Waals surface area contributed by atoms with Crippen molar-refractivity contribution in [2.45, 2.75) is 12.6 Å². The van der Waals surface area contributed by atoms with E-state index in [0.29, 0.717) is 15.6 Å². The van der Waals surface area contributed by atoms with Gasteiger partial charge in [0, 0.05) is 0 Å². The van der Waals surface area contributed by atoms with Crippen LogP contribution in [0.15, 0.2) is 18.2 Å². The monoisotopic (exact) mass is 241 g/mol. The summed E-state index contributed by atoms with van der Waals surface area (Å²) in [6.45, 7) is 1.48. The molecule has 0 spiro atoms. The van der Waals surface area contributed by atoms with E-state index in [0.717, 1.165) is 0 Å². The molecule has 74 valence electrons. The topological polar surface area (TPSA) is 46.2 Å². The van der Waals surface area contributed by atoms with Crippen molar-refractivity contribution in [3.05, 3.63) is 33.8 Å². The minimum absolute atomic E-state index is 0. The smallest absolute Gasteiger partial charge is 0.136 e. The number of benzene rings is 1. The zero-order chi connectivity index (χ0) is 9.35. The summed E-state index contributed by atoms with van der Waals surface area (Å²) in [5.41, 5.74) is 4.60. The lowest BCUT2D eigenvalue weighted by atomic mass is 10.1. The van der Waals surface area contributed by atoms with Crippen LogP contribution in [0.4, 0.5) is 0 Å². The Morgan fingerprint density at radius 3 is 2.23 bits per heavy atom. The molecule has 0 aliphatic heterocycles. The van der Waals surface area contributed by atoms with Gasteiger partial charge in [-0.15, -0.1) is 12.4 Å². The second kappa shape index (κ2) is 4.49. The average Bonchev–Trinajstić information content (AvgIpc) is 1.92. The maximum atomic E-state index is 9.38. The predicted octanol–water partition coefficient (Wildman–Crippen LogP) is 2.54. The van der Waals surface area contributed by atoms with Gasteiger partial charge in [0.1, 0.15) is 5.72 Å². The molecule has 0 unspecified atom stereocenters. The van der Waals surface area contributed by atoms with E-state index in [9.17, 15) is 5.11 Å². The van der Waals surface area contributed by atoms with E-state index >= 15 is 0 Å². The van der Waals surface area contributed by atoms with Gasteiger partial charge in [0.15, 0.2) is 0 Å². The maximum absolute atomic E-state index is 9.38. The third kappa shape index (κ3) is 3.33. The average molecular weight is 243 g/mol. The first-order chi connectivity index (χ1) is 5.41. The molecule has 13 heavy (non-hydrogen) atoms. The SMILES string of the molecule is C[C@](N)(O)c1ccc(Cl)c(Cl)c1.Cl. The quantitative estimate of drug-likeness (QED) is 0.744. The van der Waals surface area contributed by atoms with Gasteiger partial charge in [0.2, 0.25) is 0 Å². The lowest BCUT2D eigenvalue weighted by Gasteiger charge is -2.17. The second-order valence-electron chi connectivity index (χ2n) is 2.78. The fourth-order valence-corrected chi connectivity index (χ4v) is 1.11. The molecule has 0 bridgehead atoms. The highest BCUT2D eigenvalue weighted by molar-refractivity contribution is 6.42. The Morgan fingerprint density at radius 1 is 1.31 bits per heavy atom. The van der Waals surface area contributed by atoms with Crippen molar-refractivity contribution >= 4 is 35.6 Å². The number of halogens is 3. The summed E-state index contributed by atoms with van der Waals surface area (Å²) in [7, 11) is 0. The molecule has 0 heterocycles. The Bertz CT molecular complexity index is 296. The van der Waals surface area contributed by atoms with Gasteiger partial charge in [-0.1, -0.05) is 29.3 Å². The van der Waals surface area contributed by atoms with Crippen molar-refractivity contribution in [2.24, 2.45) is 5.73 Å². The minimum atomic E-state index is -1.37. The van der Waals surface area contributed by atoms with E-state index in [1.807, 2.05) is 0 Å². The summed E-state index contributed by atoms with van der Waals surface area (Å²) in [6, 6.07) is 4.78. The first kappa shape index (κ1) is 13.0. The van der Waals surface area contributed by atoms with Crippen LogP contribution in [0.2, 0.25) is 10.0 Å². The van der Waals surface area contributed by atoms with Crippen molar-refractivity contribution in [3.63, 3.8) is 0 Å². The molecule has 0 radical (unpaired) electrons. The highest BCUT2D eigenvalue weighted by Gasteiger charge is 2.16. The minimum Gasteiger partial charge on any atom is -0.372 e. The van der Waals surface area contributed by atoms with Crippen LogP contribution in [0.1, 0.15) is 12.5 Å². The van der Waals surface area contributed by atoms with Crippen LogP contribution >= 0.6 is 35.6 Å². The van der Waals surface area contributed by atoms with Gasteiger partial charge in [0.25, 0.3) is 0 Å². The van der Waals surface area contributed by atoms with E-state index in [1.165, 1.54) is 6.92 Å². The number of hydrogen-bond acceptors (Lipinski definition) is 2. The highest BCUT2D eigenvalue weighted by Crippen LogP contribution is 2.25. The van der Waals surface area contributed by atoms with Crippen LogP contribution in [0.25, 0.3) is 0 Å². The molecule has 3 N–H and O–H groups in total. The standard InChI is InChI=1S/C8H9Cl2NO.ClH/c1-8(11,12)5-2-3-6(9)7(10)4-5;/h2-4,12H,11H2,1H3;1H/t8-;/m0./s1. The first-order valence-electron chi connectivity index (χ1n) is 3.38. The first-order valence-corrected chi connectivity index (χ1v) is 4.13. The fourth-order valence-electron chi connectivity index (χ4n) is 0.811. The normalized spacial score (nSPS) is 14.5. The lowest BCUT2D eigenvalue weighted by Crippen LogP contribution is -2.32. The Morgan fingerprint density at radius 2 is 1.85 bits per heavy atom. The van der Waals surface area contributed by atoms with Crippen LogP contribution in [0.3, 0.4) is 0 Å².